The van der Waals surface area contributed by atoms with Crippen LogP contribution in [0.3, 0.4) is 0 Å². The number of amides is 3. The maximum atomic E-state index is 12.0. The third-order valence-electron chi connectivity index (χ3n) is 2.86. The molecule has 124 valence electrons. The molecular weight excluding hydrogens is 312 g/mol. The summed E-state index contributed by atoms with van der Waals surface area (Å²) < 4.78 is 4.75. The number of hydrogen-bond acceptors (Lipinski definition) is 5. The fourth-order valence-corrected chi connectivity index (χ4v) is 1.74. The molecule has 0 saturated heterocycles. The zero-order valence-corrected chi connectivity index (χ0v) is 12.9. The molecule has 0 radical (unpaired) electrons. The van der Waals surface area contributed by atoms with E-state index in [9.17, 15) is 14.4 Å². The van der Waals surface area contributed by atoms with Crippen molar-refractivity contribution in [1.82, 2.24) is 15.8 Å². The van der Waals surface area contributed by atoms with Gasteiger partial charge in [-0.3, -0.25) is 30.7 Å². The molecule has 0 atom stereocenters. The number of hydrazine groups is 1. The number of pyridine rings is 1. The number of nitrogens with zero attached hydrogens (tertiary/aromatic N) is 1. The van der Waals surface area contributed by atoms with Crippen LogP contribution in [0.1, 0.15) is 27.8 Å². The van der Waals surface area contributed by atoms with Gasteiger partial charge in [-0.1, -0.05) is 6.07 Å². The van der Waals surface area contributed by atoms with Gasteiger partial charge in [-0.2, -0.15) is 0 Å². The van der Waals surface area contributed by atoms with Gasteiger partial charge in [-0.05, 0) is 43.3 Å². The number of carbonyl (C=O) groups is 3. The van der Waals surface area contributed by atoms with E-state index in [1.54, 1.807) is 31.2 Å². The highest BCUT2D eigenvalue weighted by Crippen LogP contribution is 2.09. The third-order valence-corrected chi connectivity index (χ3v) is 2.86. The van der Waals surface area contributed by atoms with Gasteiger partial charge in [0, 0.05) is 17.4 Å². The first-order valence-corrected chi connectivity index (χ1v) is 7.15. The van der Waals surface area contributed by atoms with Crippen LogP contribution in [0.15, 0.2) is 48.7 Å². The molecule has 2 aromatic rings. The molecule has 0 unspecified atom stereocenters. The van der Waals surface area contributed by atoms with Crippen molar-refractivity contribution in [2.45, 2.75) is 6.92 Å². The van der Waals surface area contributed by atoms with E-state index >= 15 is 0 Å². The van der Waals surface area contributed by atoms with E-state index in [2.05, 4.69) is 21.2 Å². The van der Waals surface area contributed by atoms with Crippen molar-refractivity contribution in [3.8, 4) is 0 Å². The Hall–Kier alpha value is -3.42. The summed E-state index contributed by atoms with van der Waals surface area (Å²) in [4.78, 5) is 38.9. The molecule has 0 fully saturated rings. The van der Waals surface area contributed by atoms with Crippen LogP contribution in [0.25, 0.3) is 0 Å². The average Bonchev–Trinajstić information content (AvgIpc) is 2.61. The molecule has 0 aliphatic heterocycles. The summed E-state index contributed by atoms with van der Waals surface area (Å²) in [6.45, 7) is 1.97. The predicted octanol–water partition coefficient (Wildman–Crippen LogP) is 1.72. The van der Waals surface area contributed by atoms with Crippen molar-refractivity contribution < 1.29 is 19.1 Å². The zero-order valence-electron chi connectivity index (χ0n) is 12.9. The number of hydrogen-bond donors (Lipinski definition) is 3. The van der Waals surface area contributed by atoms with E-state index < -0.39 is 17.9 Å². The van der Waals surface area contributed by atoms with Crippen molar-refractivity contribution in [1.29, 1.82) is 0 Å². The molecule has 3 amide bonds. The first-order valence-electron chi connectivity index (χ1n) is 7.15. The molecule has 0 aliphatic carbocycles. The van der Waals surface area contributed by atoms with Gasteiger partial charge in [-0.15, -0.1) is 0 Å². The van der Waals surface area contributed by atoms with Gasteiger partial charge in [0.15, 0.2) is 0 Å². The SMILES string of the molecule is CCOC(=O)Nc1ccc(C(=O)NNC(=O)c2ccccn2)cc1. The maximum absolute atomic E-state index is 12.0. The zero-order chi connectivity index (χ0) is 17.4. The molecule has 1 heterocycles. The van der Waals surface area contributed by atoms with E-state index in [4.69, 9.17) is 4.74 Å². The minimum atomic E-state index is -0.572. The molecule has 0 saturated carbocycles. The number of rotatable bonds is 4. The topological polar surface area (TPSA) is 109 Å². The molecule has 3 N–H and O–H groups in total. The van der Waals surface area contributed by atoms with Crippen molar-refractivity contribution in [3.05, 3.63) is 59.9 Å². The van der Waals surface area contributed by atoms with Crippen LogP contribution < -0.4 is 16.2 Å². The second kappa shape index (κ2) is 8.28. The highest BCUT2D eigenvalue weighted by atomic mass is 16.5. The van der Waals surface area contributed by atoms with Crippen molar-refractivity contribution in [2.24, 2.45) is 0 Å². The number of carbonyl (C=O) groups excluding carboxylic acids is 3. The first-order chi connectivity index (χ1) is 11.6. The Balaban J connectivity index is 1.88. The molecule has 0 spiro atoms. The molecule has 2 rings (SSSR count). The van der Waals surface area contributed by atoms with Gasteiger partial charge in [-0.25, -0.2) is 4.79 Å². The Labute approximate surface area is 138 Å². The Bertz CT molecular complexity index is 717. The molecule has 24 heavy (non-hydrogen) atoms. The minimum Gasteiger partial charge on any atom is -0.450 e. The lowest BCUT2D eigenvalue weighted by Crippen LogP contribution is -2.41. The van der Waals surface area contributed by atoms with Crippen LogP contribution in [-0.4, -0.2) is 29.5 Å². The second-order valence-corrected chi connectivity index (χ2v) is 4.55. The Morgan fingerprint density at radius 3 is 2.33 bits per heavy atom. The lowest BCUT2D eigenvalue weighted by atomic mass is 10.2. The van der Waals surface area contributed by atoms with Crippen molar-refractivity contribution >= 4 is 23.6 Å². The molecule has 8 heteroatoms. The van der Waals surface area contributed by atoms with Gasteiger partial charge in [0.05, 0.1) is 6.61 Å². The molecule has 8 nitrogen and oxygen atoms in total. The molecule has 0 aliphatic rings. The first kappa shape index (κ1) is 16.9. The fraction of sp³-hybridized carbons (Fsp3) is 0.125. The van der Waals surface area contributed by atoms with Gasteiger partial charge < -0.3 is 4.74 Å². The summed E-state index contributed by atoms with van der Waals surface area (Å²) in [5.74, 6) is -1.02. The van der Waals surface area contributed by atoms with Gasteiger partial charge in [0.1, 0.15) is 5.69 Å². The molecule has 1 aromatic carbocycles. The summed E-state index contributed by atoms with van der Waals surface area (Å²) in [6, 6.07) is 11.0. The highest BCUT2D eigenvalue weighted by molar-refractivity contribution is 5.98. The van der Waals surface area contributed by atoms with Crippen LogP contribution in [0.5, 0.6) is 0 Å². The van der Waals surface area contributed by atoms with Crippen LogP contribution >= 0.6 is 0 Å². The third kappa shape index (κ3) is 4.80. The number of anilines is 1. The van der Waals surface area contributed by atoms with Crippen LogP contribution in [0.4, 0.5) is 10.5 Å². The monoisotopic (exact) mass is 328 g/mol. The van der Waals surface area contributed by atoms with Gasteiger partial charge in [0.25, 0.3) is 11.8 Å². The average molecular weight is 328 g/mol. The van der Waals surface area contributed by atoms with Crippen molar-refractivity contribution in [3.63, 3.8) is 0 Å². The summed E-state index contributed by atoms with van der Waals surface area (Å²) in [5, 5.41) is 2.51. The van der Waals surface area contributed by atoms with E-state index in [-0.39, 0.29) is 12.3 Å². The molecule has 0 bridgehead atoms. The summed E-state index contributed by atoms with van der Waals surface area (Å²) >= 11 is 0. The van der Waals surface area contributed by atoms with E-state index in [1.807, 2.05) is 0 Å². The van der Waals surface area contributed by atoms with E-state index in [0.717, 1.165) is 0 Å². The van der Waals surface area contributed by atoms with Crippen molar-refractivity contribution in [2.75, 3.05) is 11.9 Å². The quantitative estimate of drug-likeness (QED) is 0.740. The Morgan fingerprint density at radius 1 is 1.00 bits per heavy atom. The number of ether oxygens (including phenoxy) is 1. The highest BCUT2D eigenvalue weighted by Gasteiger charge is 2.10. The Morgan fingerprint density at radius 2 is 1.71 bits per heavy atom. The molecular formula is C16H16N4O4. The van der Waals surface area contributed by atoms with Crippen LogP contribution in [0, 0.1) is 0 Å². The fourth-order valence-electron chi connectivity index (χ4n) is 1.74. The van der Waals surface area contributed by atoms with Crippen LogP contribution in [0.2, 0.25) is 0 Å². The van der Waals surface area contributed by atoms with Gasteiger partial charge in [0.2, 0.25) is 0 Å². The van der Waals surface area contributed by atoms with E-state index in [1.165, 1.54) is 24.4 Å². The van der Waals surface area contributed by atoms with Crippen LogP contribution in [-0.2, 0) is 4.74 Å². The predicted molar refractivity (Wildman–Crippen MR) is 86.3 cm³/mol. The number of nitrogens with one attached hydrogen (secondary N) is 3. The minimum absolute atomic E-state index is 0.187. The summed E-state index contributed by atoms with van der Waals surface area (Å²) in [7, 11) is 0. The van der Waals surface area contributed by atoms with Gasteiger partial charge >= 0.3 is 6.09 Å². The lowest BCUT2D eigenvalue weighted by molar-refractivity contribution is 0.0844. The largest absolute Gasteiger partial charge is 0.450 e. The lowest BCUT2D eigenvalue weighted by Gasteiger charge is -2.08. The maximum Gasteiger partial charge on any atom is 0.411 e. The van der Waals surface area contributed by atoms with E-state index in [0.29, 0.717) is 11.3 Å². The number of benzene rings is 1. The number of aromatic nitrogens is 1. The summed E-state index contributed by atoms with van der Waals surface area (Å²) in [5.41, 5.74) is 5.54. The summed E-state index contributed by atoms with van der Waals surface area (Å²) in [6.07, 6.45) is 0.906. The Kier molecular flexibility index (Phi) is 5.84. The smallest absolute Gasteiger partial charge is 0.411 e. The second-order valence-electron chi connectivity index (χ2n) is 4.55. The molecule has 1 aromatic heterocycles. The standard InChI is InChI=1S/C16H16N4O4/c1-2-24-16(23)18-12-8-6-11(7-9-12)14(21)19-20-15(22)13-5-3-4-10-17-13/h3-10H,2H2,1H3,(H,18,23)(H,19,21)(H,20,22). The normalized spacial score (nSPS) is 9.71.